The zero-order chi connectivity index (χ0) is 19.5. The van der Waals surface area contributed by atoms with E-state index in [2.05, 4.69) is 31.0 Å². The molecule has 1 aromatic heterocycles. The molecule has 2 aliphatic heterocycles. The lowest BCUT2D eigenvalue weighted by Gasteiger charge is -2.33. The fourth-order valence-electron chi connectivity index (χ4n) is 4.46. The molecule has 148 valence electrons. The molecule has 1 fully saturated rings. The van der Waals surface area contributed by atoms with Crippen molar-refractivity contribution < 1.29 is 4.79 Å². The highest BCUT2D eigenvalue weighted by molar-refractivity contribution is 5.76. The van der Waals surface area contributed by atoms with Crippen LogP contribution in [0, 0.1) is 6.92 Å². The molecule has 28 heavy (non-hydrogen) atoms. The van der Waals surface area contributed by atoms with Gasteiger partial charge in [-0.1, -0.05) is 30.3 Å². The fourth-order valence-corrected chi connectivity index (χ4v) is 4.46. The SMILES string of the molecule is Cc1nc([C@@H]2CCCN(C(=O)CCc3ccccc3)C2)nc2c1CCCN2C. The van der Waals surface area contributed by atoms with Crippen LogP contribution in [-0.2, 0) is 17.6 Å². The lowest BCUT2D eigenvalue weighted by atomic mass is 9.95. The molecule has 5 nitrogen and oxygen atoms in total. The van der Waals surface area contributed by atoms with E-state index in [1.807, 2.05) is 23.1 Å². The first-order valence-electron chi connectivity index (χ1n) is 10.5. The molecule has 1 aromatic carbocycles. The van der Waals surface area contributed by atoms with Crippen molar-refractivity contribution in [2.45, 2.75) is 51.4 Å². The topological polar surface area (TPSA) is 49.3 Å². The minimum Gasteiger partial charge on any atom is -0.359 e. The molecule has 1 amide bonds. The summed E-state index contributed by atoms with van der Waals surface area (Å²) in [7, 11) is 2.12. The van der Waals surface area contributed by atoms with E-state index < -0.39 is 0 Å². The van der Waals surface area contributed by atoms with Crippen LogP contribution in [0.3, 0.4) is 0 Å². The molecule has 0 radical (unpaired) electrons. The van der Waals surface area contributed by atoms with Crippen molar-refractivity contribution in [3.05, 3.63) is 53.0 Å². The maximum absolute atomic E-state index is 12.8. The Labute approximate surface area is 167 Å². The second kappa shape index (κ2) is 8.29. The van der Waals surface area contributed by atoms with Gasteiger partial charge in [-0.15, -0.1) is 0 Å². The van der Waals surface area contributed by atoms with Crippen LogP contribution in [0.4, 0.5) is 5.82 Å². The third-order valence-electron chi connectivity index (χ3n) is 6.10. The number of anilines is 1. The molecule has 2 aromatic rings. The van der Waals surface area contributed by atoms with Gasteiger partial charge >= 0.3 is 0 Å². The van der Waals surface area contributed by atoms with Crippen LogP contribution in [0.1, 0.15) is 54.2 Å². The van der Waals surface area contributed by atoms with Crippen LogP contribution in [-0.4, -0.2) is 47.5 Å². The predicted molar refractivity (Wildman–Crippen MR) is 112 cm³/mol. The number of hydrogen-bond acceptors (Lipinski definition) is 4. The highest BCUT2D eigenvalue weighted by Gasteiger charge is 2.28. The lowest BCUT2D eigenvalue weighted by molar-refractivity contribution is -0.132. The van der Waals surface area contributed by atoms with E-state index in [1.165, 1.54) is 17.5 Å². The van der Waals surface area contributed by atoms with E-state index in [0.29, 0.717) is 6.42 Å². The number of hydrogen-bond donors (Lipinski definition) is 0. The number of piperidine rings is 1. The van der Waals surface area contributed by atoms with E-state index in [-0.39, 0.29) is 11.8 Å². The van der Waals surface area contributed by atoms with Crippen molar-refractivity contribution in [1.82, 2.24) is 14.9 Å². The Morgan fingerprint density at radius 2 is 1.96 bits per heavy atom. The number of benzene rings is 1. The van der Waals surface area contributed by atoms with E-state index in [1.54, 1.807) is 0 Å². The van der Waals surface area contributed by atoms with Crippen LogP contribution in [0.15, 0.2) is 30.3 Å². The Hall–Kier alpha value is -2.43. The Morgan fingerprint density at radius 1 is 1.14 bits per heavy atom. The van der Waals surface area contributed by atoms with Gasteiger partial charge in [0, 0.05) is 50.3 Å². The molecule has 4 rings (SSSR count). The Balaban J connectivity index is 1.44. The Kier molecular flexibility index (Phi) is 5.60. The van der Waals surface area contributed by atoms with Gasteiger partial charge in [0.15, 0.2) is 0 Å². The summed E-state index contributed by atoms with van der Waals surface area (Å²) in [5.74, 6) is 2.51. The zero-order valence-corrected chi connectivity index (χ0v) is 17.0. The molecule has 2 aliphatic rings. The third kappa shape index (κ3) is 4.03. The highest BCUT2D eigenvalue weighted by Crippen LogP contribution is 2.31. The van der Waals surface area contributed by atoms with E-state index in [9.17, 15) is 4.79 Å². The Bertz CT molecular complexity index is 836. The van der Waals surface area contributed by atoms with Crippen molar-refractivity contribution in [3.63, 3.8) is 0 Å². The number of aromatic nitrogens is 2. The van der Waals surface area contributed by atoms with E-state index >= 15 is 0 Å². The number of nitrogens with zero attached hydrogens (tertiary/aromatic N) is 4. The molecule has 0 unspecified atom stereocenters. The van der Waals surface area contributed by atoms with Crippen molar-refractivity contribution in [1.29, 1.82) is 0 Å². The molecule has 0 spiro atoms. The van der Waals surface area contributed by atoms with Crippen molar-refractivity contribution >= 4 is 11.7 Å². The predicted octanol–water partition coefficient (Wildman–Crippen LogP) is 3.51. The number of carbonyl (C=O) groups excluding carboxylic acids is 1. The highest BCUT2D eigenvalue weighted by atomic mass is 16.2. The average Bonchev–Trinajstić information content (AvgIpc) is 2.73. The molecule has 0 N–H and O–H groups in total. The van der Waals surface area contributed by atoms with Crippen LogP contribution in [0.25, 0.3) is 0 Å². The molecule has 0 aliphatic carbocycles. The van der Waals surface area contributed by atoms with Crippen LogP contribution in [0.5, 0.6) is 0 Å². The second-order valence-corrected chi connectivity index (χ2v) is 8.16. The minimum absolute atomic E-state index is 0.244. The zero-order valence-electron chi connectivity index (χ0n) is 17.0. The molecule has 5 heteroatoms. The van der Waals surface area contributed by atoms with Gasteiger partial charge < -0.3 is 9.80 Å². The molecule has 0 bridgehead atoms. The van der Waals surface area contributed by atoms with E-state index in [0.717, 1.165) is 62.7 Å². The van der Waals surface area contributed by atoms with Gasteiger partial charge in [-0.3, -0.25) is 4.79 Å². The first kappa shape index (κ1) is 18.9. The molecule has 0 saturated carbocycles. The summed E-state index contributed by atoms with van der Waals surface area (Å²) < 4.78 is 0. The fraction of sp³-hybridized carbons (Fsp3) is 0.522. The molecule has 1 saturated heterocycles. The summed E-state index contributed by atoms with van der Waals surface area (Å²) >= 11 is 0. The second-order valence-electron chi connectivity index (χ2n) is 8.16. The standard InChI is InChI=1S/C23H30N4O/c1-17-20-11-7-14-26(2)23(20)25-22(24-17)19-10-6-15-27(16-19)21(28)13-12-18-8-4-3-5-9-18/h3-5,8-9,19H,6-7,10-16H2,1-2H3/t19-/m1/s1. The molecule has 3 heterocycles. The number of likely N-dealkylation sites (tertiary alicyclic amines) is 1. The maximum atomic E-state index is 12.8. The van der Waals surface area contributed by atoms with Crippen molar-refractivity contribution in [2.24, 2.45) is 0 Å². The average molecular weight is 379 g/mol. The lowest BCUT2D eigenvalue weighted by Crippen LogP contribution is -2.40. The number of carbonyl (C=O) groups is 1. The number of rotatable bonds is 4. The largest absolute Gasteiger partial charge is 0.359 e. The number of amides is 1. The monoisotopic (exact) mass is 378 g/mol. The van der Waals surface area contributed by atoms with Crippen LogP contribution in [0.2, 0.25) is 0 Å². The third-order valence-corrected chi connectivity index (χ3v) is 6.10. The van der Waals surface area contributed by atoms with Gasteiger partial charge in [-0.2, -0.15) is 0 Å². The summed E-state index contributed by atoms with van der Waals surface area (Å²) in [6, 6.07) is 10.3. The summed E-state index contributed by atoms with van der Waals surface area (Å²) in [5.41, 5.74) is 3.63. The van der Waals surface area contributed by atoms with Gasteiger partial charge in [0.05, 0.1) is 0 Å². The summed E-state index contributed by atoms with van der Waals surface area (Å²) in [4.78, 5) is 26.9. The van der Waals surface area contributed by atoms with Crippen molar-refractivity contribution in [3.8, 4) is 0 Å². The number of fused-ring (bicyclic) bond motifs is 1. The first-order valence-corrected chi connectivity index (χ1v) is 10.5. The van der Waals surface area contributed by atoms with Crippen LogP contribution < -0.4 is 4.90 Å². The van der Waals surface area contributed by atoms with Gasteiger partial charge in [0.2, 0.25) is 5.91 Å². The quantitative estimate of drug-likeness (QED) is 0.817. The molecular weight excluding hydrogens is 348 g/mol. The first-order chi connectivity index (χ1) is 13.6. The minimum atomic E-state index is 0.244. The maximum Gasteiger partial charge on any atom is 0.222 e. The van der Waals surface area contributed by atoms with Crippen LogP contribution >= 0.6 is 0 Å². The van der Waals surface area contributed by atoms with Crippen molar-refractivity contribution in [2.75, 3.05) is 31.6 Å². The van der Waals surface area contributed by atoms with Gasteiger partial charge in [0.1, 0.15) is 11.6 Å². The van der Waals surface area contributed by atoms with E-state index in [4.69, 9.17) is 9.97 Å². The molecular formula is C23H30N4O. The summed E-state index contributed by atoms with van der Waals surface area (Å²) in [6.07, 6.45) is 5.70. The normalized spacial score (nSPS) is 19.4. The summed E-state index contributed by atoms with van der Waals surface area (Å²) in [5, 5.41) is 0. The smallest absolute Gasteiger partial charge is 0.222 e. The number of aryl methyl sites for hydroxylation is 2. The van der Waals surface area contributed by atoms with Gasteiger partial charge in [-0.05, 0) is 44.6 Å². The van der Waals surface area contributed by atoms with Gasteiger partial charge in [-0.25, -0.2) is 9.97 Å². The van der Waals surface area contributed by atoms with Gasteiger partial charge in [0.25, 0.3) is 0 Å². The summed E-state index contributed by atoms with van der Waals surface area (Å²) in [6.45, 7) is 4.76. The molecule has 1 atom stereocenters. The Morgan fingerprint density at radius 3 is 2.79 bits per heavy atom.